The molecular formula is C23H22F3N5O2. The van der Waals surface area contributed by atoms with Crippen LogP contribution in [0.5, 0.6) is 0 Å². The monoisotopic (exact) mass is 457 g/mol. The number of piperazine rings is 1. The van der Waals surface area contributed by atoms with Crippen molar-refractivity contribution in [2.75, 3.05) is 31.1 Å². The summed E-state index contributed by atoms with van der Waals surface area (Å²) in [5, 5.41) is 4.26. The number of hydrogen-bond donors (Lipinski definition) is 0. The molecule has 0 N–H and O–H groups in total. The number of amides is 1. The first-order valence-electron chi connectivity index (χ1n) is 10.4. The number of aryl methyl sites for hydroxylation is 1. The molecule has 0 radical (unpaired) electrons. The summed E-state index contributed by atoms with van der Waals surface area (Å²) < 4.78 is 39.5. The number of aromatic nitrogens is 3. The SMILES string of the molecule is Cc1ccc(Cn2nc(C(=O)N3CCN(c4ccc(C(F)(F)F)cn4)CC3)ccc2=O)cc1. The molecule has 3 heterocycles. The van der Waals surface area contributed by atoms with E-state index in [9.17, 15) is 22.8 Å². The van der Waals surface area contributed by atoms with Gasteiger partial charge in [0, 0.05) is 38.4 Å². The molecule has 7 nitrogen and oxygen atoms in total. The molecule has 1 saturated heterocycles. The summed E-state index contributed by atoms with van der Waals surface area (Å²) in [5.41, 5.74) is 1.08. The Bertz CT molecular complexity index is 1180. The van der Waals surface area contributed by atoms with Gasteiger partial charge in [0.2, 0.25) is 0 Å². The fourth-order valence-corrected chi connectivity index (χ4v) is 3.58. The average Bonchev–Trinajstić information content (AvgIpc) is 2.81. The molecule has 1 aliphatic heterocycles. The van der Waals surface area contributed by atoms with E-state index in [1.165, 1.54) is 22.9 Å². The largest absolute Gasteiger partial charge is 0.417 e. The van der Waals surface area contributed by atoms with Gasteiger partial charge in [-0.05, 0) is 30.7 Å². The van der Waals surface area contributed by atoms with Crippen molar-refractivity contribution in [3.63, 3.8) is 0 Å². The number of nitrogens with zero attached hydrogens (tertiary/aromatic N) is 5. The van der Waals surface area contributed by atoms with Crippen LogP contribution in [0.4, 0.5) is 19.0 Å². The van der Waals surface area contributed by atoms with Crippen molar-refractivity contribution in [1.82, 2.24) is 19.7 Å². The molecule has 1 amide bonds. The Labute approximate surface area is 188 Å². The maximum atomic E-state index is 12.9. The summed E-state index contributed by atoms with van der Waals surface area (Å²) in [7, 11) is 0. The number of hydrogen-bond acceptors (Lipinski definition) is 5. The number of benzene rings is 1. The van der Waals surface area contributed by atoms with Crippen LogP contribution in [-0.2, 0) is 12.7 Å². The smallest absolute Gasteiger partial charge is 0.353 e. The van der Waals surface area contributed by atoms with E-state index in [0.717, 1.165) is 23.4 Å². The van der Waals surface area contributed by atoms with Crippen LogP contribution in [0, 0.1) is 6.92 Å². The number of carbonyl (C=O) groups is 1. The van der Waals surface area contributed by atoms with Crippen LogP contribution in [0.25, 0.3) is 0 Å². The van der Waals surface area contributed by atoms with E-state index < -0.39 is 11.7 Å². The lowest BCUT2D eigenvalue weighted by molar-refractivity contribution is -0.137. The number of rotatable bonds is 4. The highest BCUT2D eigenvalue weighted by molar-refractivity contribution is 5.92. The molecule has 0 saturated carbocycles. The van der Waals surface area contributed by atoms with Crippen LogP contribution in [0.1, 0.15) is 27.2 Å². The highest BCUT2D eigenvalue weighted by atomic mass is 19.4. The molecule has 1 aromatic carbocycles. The molecule has 10 heteroatoms. The lowest BCUT2D eigenvalue weighted by Crippen LogP contribution is -2.49. The summed E-state index contributed by atoms with van der Waals surface area (Å²) in [6.45, 7) is 3.80. The first-order valence-corrected chi connectivity index (χ1v) is 10.4. The zero-order chi connectivity index (χ0) is 23.6. The minimum Gasteiger partial charge on any atom is -0.353 e. The quantitative estimate of drug-likeness (QED) is 0.603. The highest BCUT2D eigenvalue weighted by Crippen LogP contribution is 2.29. The van der Waals surface area contributed by atoms with Gasteiger partial charge in [-0.25, -0.2) is 9.67 Å². The topological polar surface area (TPSA) is 71.3 Å². The Hall–Kier alpha value is -3.69. The lowest BCUT2D eigenvalue weighted by atomic mass is 10.1. The van der Waals surface area contributed by atoms with Gasteiger partial charge in [0.1, 0.15) is 11.5 Å². The van der Waals surface area contributed by atoms with E-state index in [2.05, 4.69) is 10.1 Å². The van der Waals surface area contributed by atoms with Gasteiger partial charge in [0.15, 0.2) is 0 Å². The van der Waals surface area contributed by atoms with Gasteiger partial charge in [-0.15, -0.1) is 0 Å². The summed E-state index contributed by atoms with van der Waals surface area (Å²) >= 11 is 0. The first-order chi connectivity index (χ1) is 15.7. The van der Waals surface area contributed by atoms with Crippen molar-refractivity contribution in [3.8, 4) is 0 Å². The van der Waals surface area contributed by atoms with E-state index in [1.54, 1.807) is 4.90 Å². The third-order valence-corrected chi connectivity index (χ3v) is 5.50. The van der Waals surface area contributed by atoms with Crippen LogP contribution in [0.3, 0.4) is 0 Å². The van der Waals surface area contributed by atoms with Crippen LogP contribution in [-0.4, -0.2) is 51.8 Å². The summed E-state index contributed by atoms with van der Waals surface area (Å²) in [6, 6.07) is 12.8. The van der Waals surface area contributed by atoms with E-state index in [4.69, 9.17) is 0 Å². The Morgan fingerprint density at radius 2 is 1.67 bits per heavy atom. The summed E-state index contributed by atoms with van der Waals surface area (Å²) in [4.78, 5) is 32.5. The second kappa shape index (κ2) is 9.05. The molecule has 0 atom stereocenters. The molecule has 3 aromatic rings. The zero-order valence-electron chi connectivity index (χ0n) is 17.9. The molecule has 1 aliphatic rings. The number of halogens is 3. The minimum atomic E-state index is -4.43. The molecule has 33 heavy (non-hydrogen) atoms. The van der Waals surface area contributed by atoms with Crippen LogP contribution >= 0.6 is 0 Å². The molecule has 0 aliphatic carbocycles. The van der Waals surface area contributed by atoms with Crippen LogP contribution in [0.2, 0.25) is 0 Å². The van der Waals surface area contributed by atoms with Gasteiger partial charge in [0.05, 0.1) is 12.1 Å². The standard InChI is InChI=1S/C23H22F3N5O2/c1-16-2-4-17(5-3-16)15-31-21(32)9-7-19(28-31)22(33)30-12-10-29(11-13-30)20-8-6-18(14-27-20)23(24,25)26/h2-9,14H,10-13,15H2,1H3. The van der Waals surface area contributed by atoms with E-state index in [0.29, 0.717) is 32.0 Å². The molecule has 2 aromatic heterocycles. The maximum Gasteiger partial charge on any atom is 0.417 e. The molecule has 0 bridgehead atoms. The summed E-state index contributed by atoms with van der Waals surface area (Å²) in [5.74, 6) is 0.132. The first kappa shape index (κ1) is 22.5. The van der Waals surface area contributed by atoms with Crippen molar-refractivity contribution >= 4 is 11.7 Å². The predicted octanol–water partition coefficient (Wildman–Crippen LogP) is 2.98. The molecule has 172 valence electrons. The number of carbonyl (C=O) groups excluding carboxylic acids is 1. The van der Waals surface area contributed by atoms with Gasteiger partial charge in [-0.3, -0.25) is 9.59 Å². The highest BCUT2D eigenvalue weighted by Gasteiger charge is 2.31. The molecule has 0 unspecified atom stereocenters. The van der Waals surface area contributed by atoms with E-state index in [1.807, 2.05) is 36.1 Å². The second-order valence-electron chi connectivity index (χ2n) is 7.88. The molecule has 4 rings (SSSR count). The van der Waals surface area contributed by atoms with Gasteiger partial charge >= 0.3 is 6.18 Å². The third-order valence-electron chi connectivity index (χ3n) is 5.50. The Morgan fingerprint density at radius 3 is 2.27 bits per heavy atom. The fraction of sp³-hybridized carbons (Fsp3) is 0.304. The van der Waals surface area contributed by atoms with Gasteiger partial charge in [0.25, 0.3) is 11.5 Å². The molecular weight excluding hydrogens is 435 g/mol. The van der Waals surface area contributed by atoms with Gasteiger partial charge in [-0.1, -0.05) is 29.8 Å². The lowest BCUT2D eigenvalue weighted by Gasteiger charge is -2.35. The normalized spacial score (nSPS) is 14.4. The predicted molar refractivity (Wildman–Crippen MR) is 116 cm³/mol. The van der Waals surface area contributed by atoms with Crippen molar-refractivity contribution in [1.29, 1.82) is 0 Å². The number of pyridine rings is 1. The van der Waals surface area contributed by atoms with E-state index in [-0.39, 0.29) is 23.7 Å². The molecule has 0 spiro atoms. The van der Waals surface area contributed by atoms with Crippen LogP contribution in [0.15, 0.2) is 59.5 Å². The summed E-state index contributed by atoms with van der Waals surface area (Å²) in [6.07, 6.45) is -3.62. The average molecular weight is 457 g/mol. The van der Waals surface area contributed by atoms with Crippen molar-refractivity contribution in [3.05, 3.63) is 87.5 Å². The van der Waals surface area contributed by atoms with Crippen molar-refractivity contribution in [2.24, 2.45) is 0 Å². The Balaban J connectivity index is 1.41. The molecule has 1 fully saturated rings. The minimum absolute atomic E-state index is 0.169. The maximum absolute atomic E-state index is 12.9. The van der Waals surface area contributed by atoms with Crippen LogP contribution < -0.4 is 10.5 Å². The van der Waals surface area contributed by atoms with Gasteiger partial charge < -0.3 is 9.80 Å². The van der Waals surface area contributed by atoms with Crippen molar-refractivity contribution in [2.45, 2.75) is 19.6 Å². The number of alkyl halides is 3. The third kappa shape index (κ3) is 5.21. The van der Waals surface area contributed by atoms with Crippen molar-refractivity contribution < 1.29 is 18.0 Å². The van der Waals surface area contributed by atoms with E-state index >= 15 is 0 Å². The zero-order valence-corrected chi connectivity index (χ0v) is 17.9. The number of anilines is 1. The Morgan fingerprint density at radius 1 is 0.970 bits per heavy atom. The Kier molecular flexibility index (Phi) is 6.17. The van der Waals surface area contributed by atoms with Gasteiger partial charge in [-0.2, -0.15) is 18.3 Å². The second-order valence-corrected chi connectivity index (χ2v) is 7.88. The fourth-order valence-electron chi connectivity index (χ4n) is 3.58.